The minimum Gasteiger partial charge on any atom is -0.466 e. The lowest BCUT2D eigenvalue weighted by molar-refractivity contribution is -0.144. The highest BCUT2D eigenvalue weighted by molar-refractivity contribution is 5.97. The van der Waals surface area contributed by atoms with E-state index in [0.717, 1.165) is 19.3 Å². The standard InChI is InChI=1S/C23H28N2O4/c1-2-15-24-23(28)19-11-6-12-20(17-19)25-21(26)13-14-22(27)29-16-7-10-18-8-4-3-5-9-18/h3-6,8-9,11-12,17H,2,7,10,13-16H2,1H3,(H,24,28)(H,25,26). The highest BCUT2D eigenvalue weighted by Crippen LogP contribution is 2.12. The van der Waals surface area contributed by atoms with Gasteiger partial charge in [-0.2, -0.15) is 0 Å². The molecule has 2 aromatic carbocycles. The molecule has 0 spiro atoms. The van der Waals surface area contributed by atoms with Gasteiger partial charge < -0.3 is 15.4 Å². The molecule has 0 fully saturated rings. The normalized spacial score (nSPS) is 10.2. The van der Waals surface area contributed by atoms with Gasteiger partial charge in [0.1, 0.15) is 0 Å². The molecule has 2 aromatic rings. The summed E-state index contributed by atoms with van der Waals surface area (Å²) in [5, 5.41) is 5.50. The Bertz CT molecular complexity index is 806. The van der Waals surface area contributed by atoms with Crippen molar-refractivity contribution in [1.29, 1.82) is 0 Å². The van der Waals surface area contributed by atoms with E-state index >= 15 is 0 Å². The number of amides is 2. The molecule has 0 atom stereocenters. The van der Waals surface area contributed by atoms with Gasteiger partial charge in [0.25, 0.3) is 5.91 Å². The van der Waals surface area contributed by atoms with Crippen molar-refractivity contribution in [3.63, 3.8) is 0 Å². The zero-order chi connectivity index (χ0) is 20.9. The fourth-order valence-electron chi connectivity index (χ4n) is 2.70. The summed E-state index contributed by atoms with van der Waals surface area (Å²) >= 11 is 0. The molecular formula is C23H28N2O4. The molecule has 29 heavy (non-hydrogen) atoms. The number of aryl methyl sites for hydroxylation is 1. The lowest BCUT2D eigenvalue weighted by atomic mass is 10.1. The van der Waals surface area contributed by atoms with Crippen LogP contribution in [0.3, 0.4) is 0 Å². The average molecular weight is 396 g/mol. The third kappa shape index (κ3) is 8.60. The minimum absolute atomic E-state index is 0.0217. The van der Waals surface area contributed by atoms with E-state index in [0.29, 0.717) is 24.4 Å². The van der Waals surface area contributed by atoms with Gasteiger partial charge in [-0.15, -0.1) is 0 Å². The van der Waals surface area contributed by atoms with Crippen LogP contribution in [0, 0.1) is 0 Å². The Morgan fingerprint density at radius 3 is 2.52 bits per heavy atom. The van der Waals surface area contributed by atoms with E-state index in [2.05, 4.69) is 10.6 Å². The SMILES string of the molecule is CCCNC(=O)c1cccc(NC(=O)CCC(=O)OCCCc2ccccc2)c1. The molecule has 0 aliphatic heterocycles. The molecule has 6 heteroatoms. The van der Waals surface area contributed by atoms with Crippen molar-refractivity contribution in [3.8, 4) is 0 Å². The number of esters is 1. The molecule has 0 aromatic heterocycles. The molecule has 0 saturated carbocycles. The molecule has 0 heterocycles. The largest absolute Gasteiger partial charge is 0.466 e. The van der Waals surface area contributed by atoms with Crippen LogP contribution >= 0.6 is 0 Å². The Hall–Kier alpha value is -3.15. The van der Waals surface area contributed by atoms with Crippen LogP contribution in [-0.4, -0.2) is 30.9 Å². The van der Waals surface area contributed by atoms with Crippen molar-refractivity contribution in [2.45, 2.75) is 39.0 Å². The molecule has 2 rings (SSSR count). The van der Waals surface area contributed by atoms with E-state index in [-0.39, 0.29) is 30.6 Å². The van der Waals surface area contributed by atoms with Gasteiger partial charge in [-0.05, 0) is 43.0 Å². The van der Waals surface area contributed by atoms with E-state index in [1.54, 1.807) is 24.3 Å². The Balaban J connectivity index is 1.67. The van der Waals surface area contributed by atoms with Gasteiger partial charge in [0.15, 0.2) is 0 Å². The van der Waals surface area contributed by atoms with Crippen molar-refractivity contribution in [2.24, 2.45) is 0 Å². The molecule has 6 nitrogen and oxygen atoms in total. The maximum Gasteiger partial charge on any atom is 0.306 e. The summed E-state index contributed by atoms with van der Waals surface area (Å²) in [4.78, 5) is 35.9. The van der Waals surface area contributed by atoms with Gasteiger partial charge in [0.2, 0.25) is 5.91 Å². The van der Waals surface area contributed by atoms with Gasteiger partial charge in [-0.3, -0.25) is 14.4 Å². The summed E-state index contributed by atoms with van der Waals surface area (Å²) in [5.41, 5.74) is 2.21. The van der Waals surface area contributed by atoms with Crippen molar-refractivity contribution in [2.75, 3.05) is 18.5 Å². The number of nitrogens with one attached hydrogen (secondary N) is 2. The maximum atomic E-state index is 12.1. The molecule has 0 aliphatic rings. The van der Waals surface area contributed by atoms with Crippen molar-refractivity contribution >= 4 is 23.5 Å². The van der Waals surface area contributed by atoms with Crippen LogP contribution in [0.25, 0.3) is 0 Å². The van der Waals surface area contributed by atoms with E-state index in [1.165, 1.54) is 5.56 Å². The number of hydrogen-bond acceptors (Lipinski definition) is 4. The fourth-order valence-corrected chi connectivity index (χ4v) is 2.70. The second-order valence-corrected chi connectivity index (χ2v) is 6.69. The van der Waals surface area contributed by atoms with E-state index in [4.69, 9.17) is 4.74 Å². The highest BCUT2D eigenvalue weighted by atomic mass is 16.5. The Labute approximate surface area is 171 Å². The molecule has 0 radical (unpaired) electrons. The first-order valence-electron chi connectivity index (χ1n) is 9.96. The maximum absolute atomic E-state index is 12.1. The highest BCUT2D eigenvalue weighted by Gasteiger charge is 2.10. The predicted molar refractivity (Wildman–Crippen MR) is 113 cm³/mol. The van der Waals surface area contributed by atoms with Gasteiger partial charge in [0.05, 0.1) is 13.0 Å². The number of rotatable bonds is 11. The Morgan fingerprint density at radius 1 is 0.966 bits per heavy atom. The molecule has 0 bridgehead atoms. The van der Waals surface area contributed by atoms with E-state index in [9.17, 15) is 14.4 Å². The van der Waals surface area contributed by atoms with Crippen LogP contribution in [0.2, 0.25) is 0 Å². The van der Waals surface area contributed by atoms with Crippen LogP contribution < -0.4 is 10.6 Å². The lowest BCUT2D eigenvalue weighted by Crippen LogP contribution is -2.24. The van der Waals surface area contributed by atoms with Crippen molar-refractivity contribution in [3.05, 3.63) is 65.7 Å². The lowest BCUT2D eigenvalue weighted by Gasteiger charge is -2.08. The van der Waals surface area contributed by atoms with Crippen LogP contribution in [0.15, 0.2) is 54.6 Å². The van der Waals surface area contributed by atoms with Crippen LogP contribution in [-0.2, 0) is 20.7 Å². The fraction of sp³-hybridized carbons (Fsp3) is 0.348. The number of carbonyl (C=O) groups is 3. The minimum atomic E-state index is -0.388. The monoisotopic (exact) mass is 396 g/mol. The molecule has 2 amide bonds. The smallest absolute Gasteiger partial charge is 0.306 e. The third-order valence-corrected chi connectivity index (χ3v) is 4.22. The summed E-state index contributed by atoms with van der Waals surface area (Å²) in [6, 6.07) is 16.7. The summed E-state index contributed by atoms with van der Waals surface area (Å²) in [6.07, 6.45) is 2.49. The third-order valence-electron chi connectivity index (χ3n) is 4.22. The average Bonchev–Trinajstić information content (AvgIpc) is 2.74. The zero-order valence-corrected chi connectivity index (χ0v) is 16.8. The number of hydrogen-bond donors (Lipinski definition) is 2. The van der Waals surface area contributed by atoms with Crippen molar-refractivity contribution in [1.82, 2.24) is 5.32 Å². The quantitative estimate of drug-likeness (QED) is 0.448. The Morgan fingerprint density at radius 2 is 1.76 bits per heavy atom. The van der Waals surface area contributed by atoms with Crippen LogP contribution in [0.5, 0.6) is 0 Å². The van der Waals surface area contributed by atoms with Gasteiger partial charge in [-0.1, -0.05) is 43.3 Å². The second kappa shape index (κ2) is 12.3. The molecular weight excluding hydrogens is 368 g/mol. The summed E-state index contributed by atoms with van der Waals surface area (Å²) in [5.74, 6) is -0.861. The van der Waals surface area contributed by atoms with Crippen LogP contribution in [0.1, 0.15) is 48.5 Å². The van der Waals surface area contributed by atoms with Gasteiger partial charge >= 0.3 is 5.97 Å². The first kappa shape index (κ1) is 22.1. The second-order valence-electron chi connectivity index (χ2n) is 6.69. The summed E-state index contributed by atoms with van der Waals surface area (Å²) < 4.78 is 5.18. The van der Waals surface area contributed by atoms with Gasteiger partial charge in [0, 0.05) is 24.2 Å². The molecule has 2 N–H and O–H groups in total. The van der Waals surface area contributed by atoms with Gasteiger partial charge in [-0.25, -0.2) is 0 Å². The van der Waals surface area contributed by atoms with Crippen molar-refractivity contribution < 1.29 is 19.1 Å². The number of anilines is 1. The van der Waals surface area contributed by atoms with E-state index < -0.39 is 0 Å². The topological polar surface area (TPSA) is 84.5 Å². The zero-order valence-electron chi connectivity index (χ0n) is 16.8. The molecule has 154 valence electrons. The van der Waals surface area contributed by atoms with Crippen LogP contribution in [0.4, 0.5) is 5.69 Å². The first-order valence-corrected chi connectivity index (χ1v) is 9.96. The number of carbonyl (C=O) groups excluding carboxylic acids is 3. The number of ether oxygens (including phenoxy) is 1. The summed E-state index contributed by atoms with van der Waals surface area (Å²) in [6.45, 7) is 2.92. The summed E-state index contributed by atoms with van der Waals surface area (Å²) in [7, 11) is 0. The first-order chi connectivity index (χ1) is 14.1. The molecule has 0 unspecified atom stereocenters. The number of benzene rings is 2. The predicted octanol–water partition coefficient (Wildman–Crippen LogP) is 3.72. The van der Waals surface area contributed by atoms with E-state index in [1.807, 2.05) is 37.3 Å². The molecule has 0 saturated heterocycles. The Kier molecular flexibility index (Phi) is 9.42. The molecule has 0 aliphatic carbocycles.